The number of phosphoric acid groups is 1. The van der Waals surface area contributed by atoms with Gasteiger partial charge in [0.25, 0.3) is 0 Å². The van der Waals surface area contributed by atoms with E-state index in [9.17, 15) is 19.0 Å². The van der Waals surface area contributed by atoms with E-state index in [1.165, 1.54) is 218 Å². The average molecular weight is 1010 g/mol. The Hall–Kier alpha value is -1.51. The molecule has 3 N–H and O–H groups in total. The van der Waals surface area contributed by atoms with Crippen LogP contribution in [0.3, 0.4) is 0 Å². The van der Waals surface area contributed by atoms with Gasteiger partial charge in [0.05, 0.1) is 13.2 Å². The highest BCUT2D eigenvalue weighted by Gasteiger charge is 2.26. The monoisotopic (exact) mass is 1010 g/mol. The predicted octanol–water partition coefficient (Wildman–Crippen LogP) is 19.0. The first-order valence-corrected chi connectivity index (χ1v) is 31.8. The van der Waals surface area contributed by atoms with Crippen molar-refractivity contribution in [3.63, 3.8) is 0 Å². The van der Waals surface area contributed by atoms with Crippen molar-refractivity contribution in [2.75, 3.05) is 26.4 Å². The van der Waals surface area contributed by atoms with Crippen LogP contribution in [0.2, 0.25) is 0 Å². The van der Waals surface area contributed by atoms with Gasteiger partial charge in [-0.15, -0.1) is 0 Å². The van der Waals surface area contributed by atoms with Crippen LogP contribution >= 0.6 is 7.82 Å². The summed E-state index contributed by atoms with van der Waals surface area (Å²) >= 11 is 0. The molecule has 10 heteroatoms. The maximum atomic E-state index is 12.6. The molecule has 0 saturated carbocycles. The van der Waals surface area contributed by atoms with Crippen molar-refractivity contribution < 1.29 is 37.6 Å². The Kier molecular flexibility index (Phi) is 55.6. The van der Waals surface area contributed by atoms with Crippen molar-refractivity contribution in [2.24, 2.45) is 5.73 Å². The summed E-state index contributed by atoms with van der Waals surface area (Å²) in [7, 11) is -4.38. The van der Waals surface area contributed by atoms with E-state index in [2.05, 4.69) is 38.2 Å². The lowest BCUT2D eigenvalue weighted by Crippen LogP contribution is -2.29. The quantitative estimate of drug-likeness (QED) is 0.0264. The van der Waals surface area contributed by atoms with Gasteiger partial charge in [0.1, 0.15) is 6.61 Å². The van der Waals surface area contributed by atoms with Crippen LogP contribution in [0, 0.1) is 0 Å². The van der Waals surface area contributed by atoms with E-state index < -0.39 is 26.5 Å². The molecular formula is C60H116NO8P. The Balaban J connectivity index is 3.72. The normalized spacial score (nSPS) is 13.1. The molecule has 0 aromatic heterocycles. The lowest BCUT2D eigenvalue weighted by molar-refractivity contribution is -0.161. The molecule has 0 aliphatic rings. The number of rotatable bonds is 58. The smallest absolute Gasteiger partial charge is 0.462 e. The van der Waals surface area contributed by atoms with Crippen LogP contribution in [0.4, 0.5) is 0 Å². The van der Waals surface area contributed by atoms with Gasteiger partial charge in [-0.2, -0.15) is 0 Å². The van der Waals surface area contributed by atoms with Crippen LogP contribution in [0.1, 0.15) is 316 Å². The van der Waals surface area contributed by atoms with Crippen molar-refractivity contribution in [3.8, 4) is 0 Å². The molecule has 0 aliphatic heterocycles. The van der Waals surface area contributed by atoms with E-state index in [1.807, 2.05) is 0 Å². The summed E-state index contributed by atoms with van der Waals surface area (Å²) in [4.78, 5) is 35.1. The van der Waals surface area contributed by atoms with Crippen molar-refractivity contribution >= 4 is 19.8 Å². The van der Waals surface area contributed by atoms with Crippen LogP contribution in [-0.4, -0.2) is 49.3 Å². The molecule has 0 radical (unpaired) electrons. The van der Waals surface area contributed by atoms with E-state index in [0.717, 1.165) is 64.2 Å². The highest BCUT2D eigenvalue weighted by molar-refractivity contribution is 7.47. The molecule has 0 aromatic carbocycles. The van der Waals surface area contributed by atoms with Crippen LogP contribution < -0.4 is 5.73 Å². The highest BCUT2D eigenvalue weighted by Crippen LogP contribution is 2.43. The van der Waals surface area contributed by atoms with Gasteiger partial charge in [-0.05, 0) is 38.5 Å². The van der Waals surface area contributed by atoms with Gasteiger partial charge < -0.3 is 20.1 Å². The summed E-state index contributed by atoms with van der Waals surface area (Å²) in [5.74, 6) is -0.831. The van der Waals surface area contributed by atoms with Crippen molar-refractivity contribution in [1.29, 1.82) is 0 Å². The molecule has 2 atom stereocenters. The topological polar surface area (TPSA) is 134 Å². The van der Waals surface area contributed by atoms with E-state index in [-0.39, 0.29) is 38.6 Å². The van der Waals surface area contributed by atoms with Gasteiger partial charge in [0.2, 0.25) is 0 Å². The second-order valence-corrected chi connectivity index (χ2v) is 22.0. The predicted molar refractivity (Wildman–Crippen MR) is 298 cm³/mol. The number of carbonyl (C=O) groups excluding carboxylic acids is 2. The third kappa shape index (κ3) is 55.8. The lowest BCUT2D eigenvalue weighted by Gasteiger charge is -2.19. The van der Waals surface area contributed by atoms with Gasteiger partial charge in [-0.25, -0.2) is 4.57 Å². The molecule has 70 heavy (non-hydrogen) atoms. The van der Waals surface area contributed by atoms with E-state index in [1.54, 1.807) is 0 Å². The van der Waals surface area contributed by atoms with Crippen LogP contribution in [0.15, 0.2) is 24.3 Å². The SMILES string of the molecule is CCC/C=C\C/C=C\CCCCCCCC(=O)OC(COC(=O)CCCCCCCCCCCCCCCCCCCCCCCCCCCCCCCCCCCCCC)COP(=O)(O)OCCN. The number of phosphoric ester groups is 1. The molecule has 0 rings (SSSR count). The van der Waals surface area contributed by atoms with Crippen molar-refractivity contribution in [1.82, 2.24) is 0 Å². The van der Waals surface area contributed by atoms with E-state index in [4.69, 9.17) is 24.3 Å². The molecule has 0 amide bonds. The molecule has 0 fully saturated rings. The number of esters is 2. The summed E-state index contributed by atoms with van der Waals surface area (Å²) in [6.07, 6.45) is 67.1. The molecule has 0 saturated heterocycles. The molecule has 0 aromatic rings. The maximum absolute atomic E-state index is 12.6. The molecule has 0 spiro atoms. The molecule has 0 bridgehead atoms. The zero-order valence-electron chi connectivity index (χ0n) is 46.3. The zero-order valence-corrected chi connectivity index (χ0v) is 47.2. The maximum Gasteiger partial charge on any atom is 0.472 e. The highest BCUT2D eigenvalue weighted by atomic mass is 31.2. The summed E-state index contributed by atoms with van der Waals surface area (Å²) in [5.41, 5.74) is 5.37. The van der Waals surface area contributed by atoms with Gasteiger partial charge in [-0.3, -0.25) is 18.6 Å². The van der Waals surface area contributed by atoms with Gasteiger partial charge in [0.15, 0.2) is 6.10 Å². The summed E-state index contributed by atoms with van der Waals surface area (Å²) in [5, 5.41) is 0. The second kappa shape index (κ2) is 56.8. The summed E-state index contributed by atoms with van der Waals surface area (Å²) in [6, 6.07) is 0. The third-order valence-electron chi connectivity index (χ3n) is 13.6. The summed E-state index contributed by atoms with van der Waals surface area (Å²) < 4.78 is 32.9. The molecule has 414 valence electrons. The summed E-state index contributed by atoms with van der Waals surface area (Å²) in [6.45, 7) is 3.70. The second-order valence-electron chi connectivity index (χ2n) is 20.6. The number of hydrogen-bond donors (Lipinski definition) is 2. The first kappa shape index (κ1) is 68.5. The Labute approximate surface area is 433 Å². The molecule has 0 aliphatic carbocycles. The fraction of sp³-hybridized carbons (Fsp3) is 0.900. The Morgan fingerprint density at radius 1 is 0.429 bits per heavy atom. The number of hydrogen-bond acceptors (Lipinski definition) is 8. The Morgan fingerprint density at radius 2 is 0.771 bits per heavy atom. The van der Waals surface area contributed by atoms with Gasteiger partial charge in [-0.1, -0.05) is 289 Å². The Bertz CT molecular complexity index is 1200. The number of allylic oxidation sites excluding steroid dienone is 4. The average Bonchev–Trinajstić information content (AvgIpc) is 3.35. The molecular weight excluding hydrogens is 894 g/mol. The minimum Gasteiger partial charge on any atom is -0.462 e. The Morgan fingerprint density at radius 3 is 1.14 bits per heavy atom. The zero-order chi connectivity index (χ0) is 51.0. The number of carbonyl (C=O) groups is 2. The molecule has 0 heterocycles. The molecule has 9 nitrogen and oxygen atoms in total. The van der Waals surface area contributed by atoms with Gasteiger partial charge in [0, 0.05) is 19.4 Å². The van der Waals surface area contributed by atoms with Crippen LogP contribution in [0.5, 0.6) is 0 Å². The van der Waals surface area contributed by atoms with Crippen LogP contribution in [0.25, 0.3) is 0 Å². The minimum absolute atomic E-state index is 0.0527. The lowest BCUT2D eigenvalue weighted by atomic mass is 10.0. The fourth-order valence-electron chi connectivity index (χ4n) is 9.09. The van der Waals surface area contributed by atoms with Crippen LogP contribution in [-0.2, 0) is 32.7 Å². The van der Waals surface area contributed by atoms with E-state index in [0.29, 0.717) is 6.42 Å². The first-order chi connectivity index (χ1) is 34.3. The van der Waals surface area contributed by atoms with Crippen molar-refractivity contribution in [3.05, 3.63) is 24.3 Å². The minimum atomic E-state index is -4.38. The first-order valence-electron chi connectivity index (χ1n) is 30.3. The van der Waals surface area contributed by atoms with Crippen molar-refractivity contribution in [2.45, 2.75) is 322 Å². The standard InChI is InChI=1S/C60H116NO8P/c1-3-5-7-9-11-13-15-17-18-19-20-21-22-23-24-25-26-27-28-29-30-31-32-33-34-35-36-37-38-39-41-42-44-46-48-50-52-59(62)66-56-58(57-68-70(64,65)67-55-54-61)69-60(63)53-51-49-47-45-43-40-16-14-12-10-8-6-4-2/h8,10,14,16,58H,3-7,9,11-13,15,17-57,61H2,1-2H3,(H,64,65)/b10-8-,16-14-. The number of unbranched alkanes of at least 4 members (excludes halogenated alkanes) is 41. The fourth-order valence-corrected chi connectivity index (χ4v) is 9.86. The largest absolute Gasteiger partial charge is 0.472 e. The van der Waals surface area contributed by atoms with Gasteiger partial charge >= 0.3 is 19.8 Å². The van der Waals surface area contributed by atoms with E-state index >= 15 is 0 Å². The number of nitrogens with two attached hydrogens (primary N) is 1. The number of ether oxygens (including phenoxy) is 2. The molecule has 2 unspecified atom stereocenters. The third-order valence-corrected chi connectivity index (χ3v) is 14.6.